The molecule has 0 N–H and O–H groups in total. The third kappa shape index (κ3) is 4.82. The van der Waals surface area contributed by atoms with E-state index < -0.39 is 0 Å². The standard InChI is InChI=1S/C45H35N/c1-45(2)42-21-13-12-20-39(42)41-31-38(27-28-43(41)45)46(37-25-22-34(23-26-37)32-14-6-3-7-15-32)44-29-24-36(33-16-8-4-9-17-33)30-40(44)35-18-10-5-11-19-35/h3-31H,1-2H3. The lowest BCUT2D eigenvalue weighted by Gasteiger charge is -2.29. The zero-order valence-corrected chi connectivity index (χ0v) is 26.2. The predicted molar refractivity (Wildman–Crippen MR) is 195 cm³/mol. The highest BCUT2D eigenvalue weighted by molar-refractivity contribution is 5.93. The minimum atomic E-state index is -0.0425. The topological polar surface area (TPSA) is 3.24 Å². The highest BCUT2D eigenvalue weighted by atomic mass is 15.1. The number of hydrogen-bond donors (Lipinski definition) is 0. The van der Waals surface area contributed by atoms with Gasteiger partial charge in [-0.3, -0.25) is 0 Å². The van der Waals surface area contributed by atoms with Gasteiger partial charge in [0.25, 0.3) is 0 Å². The first kappa shape index (κ1) is 27.9. The maximum absolute atomic E-state index is 2.43. The molecule has 0 aliphatic heterocycles. The summed E-state index contributed by atoms with van der Waals surface area (Å²) in [6.07, 6.45) is 0. The van der Waals surface area contributed by atoms with Crippen molar-refractivity contribution in [2.75, 3.05) is 4.90 Å². The molecule has 1 aliphatic carbocycles. The van der Waals surface area contributed by atoms with Gasteiger partial charge in [-0.05, 0) is 86.5 Å². The summed E-state index contributed by atoms with van der Waals surface area (Å²) in [4.78, 5) is 2.43. The van der Waals surface area contributed by atoms with Crippen molar-refractivity contribution in [2.24, 2.45) is 0 Å². The van der Waals surface area contributed by atoms with Crippen LogP contribution in [0.4, 0.5) is 17.1 Å². The van der Waals surface area contributed by atoms with E-state index in [9.17, 15) is 0 Å². The molecule has 8 rings (SSSR count). The quantitative estimate of drug-likeness (QED) is 0.186. The maximum Gasteiger partial charge on any atom is 0.0540 e. The minimum absolute atomic E-state index is 0.0425. The molecular formula is C45H35N. The van der Waals surface area contributed by atoms with E-state index in [-0.39, 0.29) is 5.41 Å². The lowest BCUT2D eigenvalue weighted by molar-refractivity contribution is 0.660. The van der Waals surface area contributed by atoms with Gasteiger partial charge in [0, 0.05) is 22.4 Å². The number of nitrogens with zero attached hydrogens (tertiary/aromatic N) is 1. The highest BCUT2D eigenvalue weighted by Gasteiger charge is 2.35. The van der Waals surface area contributed by atoms with Gasteiger partial charge in [0.05, 0.1) is 5.69 Å². The number of hydrogen-bond acceptors (Lipinski definition) is 1. The number of benzene rings is 7. The molecule has 1 heteroatoms. The van der Waals surface area contributed by atoms with Gasteiger partial charge >= 0.3 is 0 Å². The lowest BCUT2D eigenvalue weighted by atomic mass is 9.82. The van der Waals surface area contributed by atoms with Crippen LogP contribution < -0.4 is 4.90 Å². The molecule has 0 spiro atoms. The molecular weight excluding hydrogens is 555 g/mol. The maximum atomic E-state index is 2.43. The fourth-order valence-corrected chi connectivity index (χ4v) is 7.10. The normalized spacial score (nSPS) is 12.7. The van der Waals surface area contributed by atoms with Crippen LogP contribution >= 0.6 is 0 Å². The molecule has 0 bridgehead atoms. The van der Waals surface area contributed by atoms with E-state index in [0.717, 1.165) is 17.1 Å². The lowest BCUT2D eigenvalue weighted by Crippen LogP contribution is -2.15. The third-order valence-electron chi connectivity index (χ3n) is 9.49. The predicted octanol–water partition coefficient (Wildman–Crippen LogP) is 12.5. The van der Waals surface area contributed by atoms with Crippen LogP contribution in [0.1, 0.15) is 25.0 Å². The fraction of sp³-hybridized carbons (Fsp3) is 0.0667. The van der Waals surface area contributed by atoms with Gasteiger partial charge in [0.2, 0.25) is 0 Å². The Labute approximate surface area is 272 Å². The summed E-state index contributed by atoms with van der Waals surface area (Å²) < 4.78 is 0. The molecule has 46 heavy (non-hydrogen) atoms. The van der Waals surface area contributed by atoms with E-state index in [1.54, 1.807) is 0 Å². The van der Waals surface area contributed by atoms with Gasteiger partial charge in [0.1, 0.15) is 0 Å². The first-order chi connectivity index (χ1) is 22.6. The summed E-state index contributed by atoms with van der Waals surface area (Å²) in [5.74, 6) is 0. The van der Waals surface area contributed by atoms with Crippen molar-refractivity contribution in [1.29, 1.82) is 0 Å². The molecule has 0 aromatic heterocycles. The van der Waals surface area contributed by atoms with Gasteiger partial charge in [-0.15, -0.1) is 0 Å². The molecule has 220 valence electrons. The molecule has 7 aromatic carbocycles. The Hall–Kier alpha value is -5.66. The van der Waals surface area contributed by atoms with Gasteiger partial charge in [-0.2, -0.15) is 0 Å². The number of rotatable bonds is 6. The van der Waals surface area contributed by atoms with Crippen LogP contribution in [0.3, 0.4) is 0 Å². The minimum Gasteiger partial charge on any atom is -0.310 e. The van der Waals surface area contributed by atoms with Gasteiger partial charge in [-0.1, -0.05) is 153 Å². The zero-order chi connectivity index (χ0) is 31.1. The first-order valence-corrected chi connectivity index (χ1v) is 16.0. The van der Waals surface area contributed by atoms with Crippen molar-refractivity contribution >= 4 is 17.1 Å². The summed E-state index contributed by atoms with van der Waals surface area (Å²) in [5.41, 5.74) is 16.0. The summed E-state index contributed by atoms with van der Waals surface area (Å²) in [6, 6.07) is 63.8. The van der Waals surface area contributed by atoms with E-state index >= 15 is 0 Å². The van der Waals surface area contributed by atoms with Crippen LogP contribution in [0.5, 0.6) is 0 Å². The van der Waals surface area contributed by atoms with Crippen LogP contribution in [-0.2, 0) is 5.41 Å². The first-order valence-electron chi connectivity index (χ1n) is 16.0. The number of fused-ring (bicyclic) bond motifs is 3. The van der Waals surface area contributed by atoms with Gasteiger partial charge < -0.3 is 4.90 Å². The smallest absolute Gasteiger partial charge is 0.0540 e. The average molecular weight is 590 g/mol. The summed E-state index contributed by atoms with van der Waals surface area (Å²) >= 11 is 0. The molecule has 0 radical (unpaired) electrons. The Balaban J connectivity index is 1.35. The zero-order valence-electron chi connectivity index (χ0n) is 26.2. The molecule has 0 fully saturated rings. The second kappa shape index (κ2) is 11.4. The monoisotopic (exact) mass is 589 g/mol. The van der Waals surface area contributed by atoms with E-state index in [0.29, 0.717) is 0 Å². The van der Waals surface area contributed by atoms with Crippen molar-refractivity contribution < 1.29 is 0 Å². The molecule has 7 aromatic rings. The molecule has 1 nitrogen and oxygen atoms in total. The number of anilines is 3. The van der Waals surface area contributed by atoms with Crippen molar-refractivity contribution in [1.82, 2.24) is 0 Å². The average Bonchev–Trinajstić information content (AvgIpc) is 3.35. The molecule has 1 aliphatic rings. The second-order valence-corrected chi connectivity index (χ2v) is 12.6. The Morgan fingerprint density at radius 3 is 1.52 bits per heavy atom. The fourth-order valence-electron chi connectivity index (χ4n) is 7.10. The Morgan fingerprint density at radius 1 is 0.348 bits per heavy atom. The Bertz CT molecular complexity index is 2140. The van der Waals surface area contributed by atoms with Crippen LogP contribution in [0.15, 0.2) is 176 Å². The summed E-state index contributed by atoms with van der Waals surface area (Å²) in [7, 11) is 0. The molecule has 0 saturated heterocycles. The van der Waals surface area contributed by atoms with Crippen LogP contribution in [0, 0.1) is 0 Å². The van der Waals surface area contributed by atoms with Crippen LogP contribution in [0.2, 0.25) is 0 Å². The van der Waals surface area contributed by atoms with E-state index in [4.69, 9.17) is 0 Å². The van der Waals surface area contributed by atoms with Crippen LogP contribution in [-0.4, -0.2) is 0 Å². The van der Waals surface area contributed by atoms with Gasteiger partial charge in [-0.25, -0.2) is 0 Å². The molecule has 0 atom stereocenters. The van der Waals surface area contributed by atoms with Crippen molar-refractivity contribution in [3.8, 4) is 44.5 Å². The second-order valence-electron chi connectivity index (χ2n) is 12.6. The summed E-state index contributed by atoms with van der Waals surface area (Å²) in [5, 5.41) is 0. The molecule has 0 saturated carbocycles. The summed E-state index contributed by atoms with van der Waals surface area (Å²) in [6.45, 7) is 4.68. The molecule has 0 heterocycles. The van der Waals surface area contributed by atoms with E-state index in [1.807, 2.05) is 0 Å². The van der Waals surface area contributed by atoms with Gasteiger partial charge in [0.15, 0.2) is 0 Å². The van der Waals surface area contributed by atoms with E-state index in [2.05, 4.69) is 195 Å². The Kier molecular flexibility index (Phi) is 6.88. The van der Waals surface area contributed by atoms with Crippen LogP contribution in [0.25, 0.3) is 44.5 Å². The highest BCUT2D eigenvalue weighted by Crippen LogP contribution is 2.51. The van der Waals surface area contributed by atoms with Crippen molar-refractivity contribution in [3.63, 3.8) is 0 Å². The molecule has 0 amide bonds. The SMILES string of the molecule is CC1(C)c2ccccc2-c2cc(N(c3ccc(-c4ccccc4)cc3)c3ccc(-c4ccccc4)cc3-c3ccccc3)ccc21. The third-order valence-corrected chi connectivity index (χ3v) is 9.49. The molecule has 0 unspecified atom stereocenters. The largest absolute Gasteiger partial charge is 0.310 e. The Morgan fingerprint density at radius 2 is 0.848 bits per heavy atom. The van der Waals surface area contributed by atoms with Crippen molar-refractivity contribution in [3.05, 3.63) is 187 Å². The van der Waals surface area contributed by atoms with Crippen molar-refractivity contribution in [2.45, 2.75) is 19.3 Å². The van der Waals surface area contributed by atoms with E-state index in [1.165, 1.54) is 55.6 Å².